The summed E-state index contributed by atoms with van der Waals surface area (Å²) >= 11 is 0. The minimum Gasteiger partial charge on any atom is -0.315 e. The van der Waals surface area contributed by atoms with Crippen LogP contribution in [0.25, 0.3) is 10.8 Å². The zero-order valence-corrected chi connectivity index (χ0v) is 12.9. The van der Waals surface area contributed by atoms with Gasteiger partial charge in [0.15, 0.2) is 0 Å². The fourth-order valence-electron chi connectivity index (χ4n) is 2.53. The maximum Gasteiger partial charge on any atom is 0.231 e. The molecule has 0 N–H and O–H groups in total. The van der Waals surface area contributed by atoms with Crippen LogP contribution in [0.3, 0.4) is 0 Å². The van der Waals surface area contributed by atoms with E-state index in [9.17, 15) is 4.79 Å². The van der Waals surface area contributed by atoms with Gasteiger partial charge in [0.05, 0.1) is 6.42 Å². The normalized spacial score (nSPS) is 10.6. The van der Waals surface area contributed by atoms with Gasteiger partial charge in [-0.15, -0.1) is 0 Å². The molecule has 3 aromatic carbocycles. The van der Waals surface area contributed by atoms with E-state index in [0.717, 1.165) is 16.6 Å². The molecule has 3 rings (SSSR count). The van der Waals surface area contributed by atoms with Gasteiger partial charge in [0.2, 0.25) is 5.91 Å². The van der Waals surface area contributed by atoms with Gasteiger partial charge in [-0.2, -0.15) is 0 Å². The summed E-state index contributed by atoms with van der Waals surface area (Å²) in [6.07, 6.45) is 0.420. The summed E-state index contributed by atoms with van der Waals surface area (Å²) < 4.78 is 0. The Hall–Kier alpha value is -2.61. The lowest BCUT2D eigenvalue weighted by molar-refractivity contribution is -0.117. The maximum absolute atomic E-state index is 12.5. The molecule has 0 saturated carbocycles. The van der Waals surface area contributed by atoms with E-state index in [-0.39, 0.29) is 5.91 Å². The van der Waals surface area contributed by atoms with Crippen LogP contribution < -0.4 is 4.90 Å². The van der Waals surface area contributed by atoms with Crippen molar-refractivity contribution in [3.63, 3.8) is 0 Å². The minimum atomic E-state index is 0.0964. The Balaban J connectivity index is 1.80. The standard InChI is InChI=1S/C20H19NO/c1-15-7-9-16(10-8-15)13-20(22)21(2)19-12-11-17-5-3-4-6-18(17)14-19/h3-12,14H,13H2,1-2H3. The molecule has 1 amide bonds. The van der Waals surface area contributed by atoms with Crippen LogP contribution in [-0.4, -0.2) is 13.0 Å². The summed E-state index contributed by atoms with van der Waals surface area (Å²) in [6.45, 7) is 2.05. The smallest absolute Gasteiger partial charge is 0.231 e. The number of benzene rings is 3. The maximum atomic E-state index is 12.5. The molecule has 110 valence electrons. The molecule has 2 nitrogen and oxygen atoms in total. The molecule has 0 fully saturated rings. The van der Waals surface area contributed by atoms with E-state index in [1.54, 1.807) is 4.90 Å². The summed E-state index contributed by atoms with van der Waals surface area (Å²) in [5.41, 5.74) is 3.18. The highest BCUT2D eigenvalue weighted by Crippen LogP contribution is 2.22. The molecule has 0 spiro atoms. The second-order valence-electron chi connectivity index (χ2n) is 5.65. The number of anilines is 1. The van der Waals surface area contributed by atoms with Crippen molar-refractivity contribution in [1.82, 2.24) is 0 Å². The molecule has 0 aliphatic rings. The summed E-state index contributed by atoms with van der Waals surface area (Å²) in [5, 5.41) is 2.33. The highest BCUT2D eigenvalue weighted by Gasteiger charge is 2.12. The molecule has 0 aliphatic carbocycles. The average Bonchev–Trinajstić information content (AvgIpc) is 2.55. The first-order valence-electron chi connectivity index (χ1n) is 7.44. The van der Waals surface area contributed by atoms with Gasteiger partial charge >= 0.3 is 0 Å². The van der Waals surface area contributed by atoms with Gasteiger partial charge in [-0.25, -0.2) is 0 Å². The van der Waals surface area contributed by atoms with Crippen molar-refractivity contribution in [3.05, 3.63) is 77.9 Å². The van der Waals surface area contributed by atoms with Crippen LogP contribution in [0.2, 0.25) is 0 Å². The molecule has 0 atom stereocenters. The molecule has 0 aromatic heterocycles. The molecule has 0 aliphatic heterocycles. The number of likely N-dealkylation sites (N-methyl/N-ethyl adjacent to an activating group) is 1. The second kappa shape index (κ2) is 6.02. The number of hydrogen-bond acceptors (Lipinski definition) is 1. The monoisotopic (exact) mass is 289 g/mol. The van der Waals surface area contributed by atoms with Gasteiger partial charge < -0.3 is 4.90 Å². The molecular weight excluding hydrogens is 270 g/mol. The predicted molar refractivity (Wildman–Crippen MR) is 92.2 cm³/mol. The molecule has 0 unspecified atom stereocenters. The Bertz CT molecular complexity index is 805. The highest BCUT2D eigenvalue weighted by atomic mass is 16.2. The molecule has 2 heteroatoms. The number of hydrogen-bond donors (Lipinski definition) is 0. The van der Waals surface area contributed by atoms with Crippen LogP contribution in [0, 0.1) is 6.92 Å². The third-order valence-corrected chi connectivity index (χ3v) is 3.97. The topological polar surface area (TPSA) is 20.3 Å². The van der Waals surface area contributed by atoms with Crippen LogP contribution >= 0.6 is 0 Å². The van der Waals surface area contributed by atoms with Crippen molar-refractivity contribution in [3.8, 4) is 0 Å². The van der Waals surface area contributed by atoms with Crippen molar-refractivity contribution >= 4 is 22.4 Å². The van der Waals surface area contributed by atoms with E-state index in [4.69, 9.17) is 0 Å². The Kier molecular flexibility index (Phi) is 3.92. The highest BCUT2D eigenvalue weighted by molar-refractivity contribution is 5.97. The predicted octanol–water partition coefficient (Wildman–Crippen LogP) is 4.35. The molecule has 3 aromatic rings. The number of nitrogens with zero attached hydrogens (tertiary/aromatic N) is 1. The summed E-state index contributed by atoms with van der Waals surface area (Å²) in [7, 11) is 1.83. The van der Waals surface area contributed by atoms with Gasteiger partial charge in [0.25, 0.3) is 0 Å². The number of amides is 1. The Morgan fingerprint density at radius 3 is 2.32 bits per heavy atom. The van der Waals surface area contributed by atoms with Crippen molar-refractivity contribution in [2.75, 3.05) is 11.9 Å². The lowest BCUT2D eigenvalue weighted by Gasteiger charge is -2.18. The van der Waals surface area contributed by atoms with E-state index in [2.05, 4.69) is 24.3 Å². The third kappa shape index (κ3) is 3.01. The van der Waals surface area contributed by atoms with Gasteiger partial charge in [0, 0.05) is 12.7 Å². The van der Waals surface area contributed by atoms with Crippen LogP contribution in [0.1, 0.15) is 11.1 Å². The quantitative estimate of drug-likeness (QED) is 0.702. The molecule has 0 heterocycles. The van der Waals surface area contributed by atoms with Gasteiger partial charge in [-0.3, -0.25) is 4.79 Å². The number of fused-ring (bicyclic) bond motifs is 1. The zero-order chi connectivity index (χ0) is 15.5. The van der Waals surface area contributed by atoms with Crippen LogP contribution in [-0.2, 0) is 11.2 Å². The lowest BCUT2D eigenvalue weighted by Crippen LogP contribution is -2.27. The van der Waals surface area contributed by atoms with Crippen molar-refractivity contribution in [2.24, 2.45) is 0 Å². The molecular formula is C20H19NO. The van der Waals surface area contributed by atoms with E-state index in [1.807, 2.05) is 56.4 Å². The second-order valence-corrected chi connectivity index (χ2v) is 5.65. The SMILES string of the molecule is Cc1ccc(CC(=O)N(C)c2ccc3ccccc3c2)cc1. The fraction of sp³-hybridized carbons (Fsp3) is 0.150. The first kappa shape index (κ1) is 14.3. The zero-order valence-electron chi connectivity index (χ0n) is 12.9. The first-order valence-corrected chi connectivity index (χ1v) is 7.44. The summed E-state index contributed by atoms with van der Waals surface area (Å²) in [6, 6.07) is 22.4. The Morgan fingerprint density at radius 1 is 0.909 bits per heavy atom. The summed E-state index contributed by atoms with van der Waals surface area (Å²) in [4.78, 5) is 14.2. The molecule has 0 saturated heterocycles. The largest absolute Gasteiger partial charge is 0.315 e. The third-order valence-electron chi connectivity index (χ3n) is 3.97. The fourth-order valence-corrected chi connectivity index (χ4v) is 2.53. The van der Waals surface area contributed by atoms with Gasteiger partial charge in [-0.05, 0) is 35.4 Å². The van der Waals surface area contributed by atoms with E-state index in [1.165, 1.54) is 10.9 Å². The number of carbonyl (C=O) groups excluding carboxylic acids is 1. The van der Waals surface area contributed by atoms with Crippen molar-refractivity contribution in [1.29, 1.82) is 0 Å². The molecule has 22 heavy (non-hydrogen) atoms. The van der Waals surface area contributed by atoms with E-state index in [0.29, 0.717) is 6.42 Å². The number of aryl methyl sites for hydroxylation is 1. The number of rotatable bonds is 3. The average molecular weight is 289 g/mol. The number of carbonyl (C=O) groups is 1. The van der Waals surface area contributed by atoms with E-state index < -0.39 is 0 Å². The first-order chi connectivity index (χ1) is 10.6. The van der Waals surface area contributed by atoms with Gasteiger partial charge in [-0.1, -0.05) is 60.2 Å². The molecule has 0 bridgehead atoms. The van der Waals surface area contributed by atoms with E-state index >= 15 is 0 Å². The van der Waals surface area contributed by atoms with Gasteiger partial charge in [0.1, 0.15) is 0 Å². The van der Waals surface area contributed by atoms with Crippen LogP contribution in [0.4, 0.5) is 5.69 Å². The lowest BCUT2D eigenvalue weighted by atomic mass is 10.1. The van der Waals surface area contributed by atoms with Crippen molar-refractivity contribution < 1.29 is 4.79 Å². The summed E-state index contributed by atoms with van der Waals surface area (Å²) in [5.74, 6) is 0.0964. The van der Waals surface area contributed by atoms with Crippen LogP contribution in [0.5, 0.6) is 0 Å². The Labute approximate surface area is 131 Å². The molecule has 0 radical (unpaired) electrons. The Morgan fingerprint density at radius 2 is 1.59 bits per heavy atom. The van der Waals surface area contributed by atoms with Crippen LogP contribution in [0.15, 0.2) is 66.7 Å². The minimum absolute atomic E-state index is 0.0964. The van der Waals surface area contributed by atoms with Crippen molar-refractivity contribution in [2.45, 2.75) is 13.3 Å².